The number of nitrogens with one attached hydrogen (secondary N) is 1. The first-order valence-electron chi connectivity index (χ1n) is 7.01. The van der Waals surface area contributed by atoms with E-state index < -0.39 is 23.2 Å². The second kappa shape index (κ2) is 5.39. The van der Waals surface area contributed by atoms with Crippen molar-refractivity contribution in [1.29, 1.82) is 0 Å². The molecule has 0 radical (unpaired) electrons. The van der Waals surface area contributed by atoms with Crippen molar-refractivity contribution in [3.63, 3.8) is 0 Å². The summed E-state index contributed by atoms with van der Waals surface area (Å²) in [6, 6.07) is 9.67. The third-order valence-electron chi connectivity index (χ3n) is 3.54. The number of hydrogen-bond donors (Lipinski definition) is 2. The summed E-state index contributed by atoms with van der Waals surface area (Å²) in [6.07, 6.45) is 0.375. The summed E-state index contributed by atoms with van der Waals surface area (Å²) in [4.78, 5) is 23.3. The van der Waals surface area contributed by atoms with Gasteiger partial charge in [0.25, 0.3) is 0 Å². The van der Waals surface area contributed by atoms with Crippen molar-refractivity contribution in [2.45, 2.75) is 44.8 Å². The second-order valence-corrected chi connectivity index (χ2v) is 6.49. The van der Waals surface area contributed by atoms with Crippen LogP contribution < -0.4 is 5.32 Å². The fraction of sp³-hybridized carbons (Fsp3) is 0.500. The molecule has 5 heteroatoms. The summed E-state index contributed by atoms with van der Waals surface area (Å²) in [5, 5.41) is 12.0. The Morgan fingerprint density at radius 1 is 1.33 bits per heavy atom. The van der Waals surface area contributed by atoms with Gasteiger partial charge in [0, 0.05) is 0 Å². The Balaban J connectivity index is 2.01. The van der Waals surface area contributed by atoms with Gasteiger partial charge in [0.15, 0.2) is 0 Å². The zero-order valence-corrected chi connectivity index (χ0v) is 12.6. The highest BCUT2D eigenvalue weighted by Crippen LogP contribution is 2.46. The SMILES string of the molecule is CC(C)(C)OC(=O)NC1(C(=O)O)CC1Cc1ccccc1. The fourth-order valence-electron chi connectivity index (χ4n) is 2.43. The molecule has 0 bridgehead atoms. The number of carboxylic acids is 1. The first-order valence-corrected chi connectivity index (χ1v) is 7.01. The van der Waals surface area contributed by atoms with Crippen molar-refractivity contribution in [2.24, 2.45) is 5.92 Å². The van der Waals surface area contributed by atoms with Crippen LogP contribution in [0.25, 0.3) is 0 Å². The first-order chi connectivity index (χ1) is 9.73. The Hall–Kier alpha value is -2.04. The molecule has 114 valence electrons. The molecule has 21 heavy (non-hydrogen) atoms. The molecular formula is C16H21NO4. The maximum atomic E-state index is 11.8. The highest BCUT2D eigenvalue weighted by atomic mass is 16.6. The molecule has 0 heterocycles. The van der Waals surface area contributed by atoms with Crippen molar-refractivity contribution in [2.75, 3.05) is 0 Å². The minimum Gasteiger partial charge on any atom is -0.479 e. The smallest absolute Gasteiger partial charge is 0.408 e. The van der Waals surface area contributed by atoms with Gasteiger partial charge in [0.1, 0.15) is 11.1 Å². The summed E-state index contributed by atoms with van der Waals surface area (Å²) < 4.78 is 5.15. The van der Waals surface area contributed by atoms with Crippen LogP contribution in [0.1, 0.15) is 32.8 Å². The first kappa shape index (κ1) is 15.4. The minimum absolute atomic E-state index is 0.107. The average molecular weight is 291 g/mol. The van der Waals surface area contributed by atoms with Gasteiger partial charge < -0.3 is 15.2 Å². The van der Waals surface area contributed by atoms with Crippen molar-refractivity contribution >= 4 is 12.1 Å². The Morgan fingerprint density at radius 2 is 1.95 bits per heavy atom. The van der Waals surface area contributed by atoms with E-state index in [0.29, 0.717) is 12.8 Å². The van der Waals surface area contributed by atoms with Crippen molar-refractivity contribution in [3.05, 3.63) is 35.9 Å². The molecule has 0 aliphatic heterocycles. The third-order valence-corrected chi connectivity index (χ3v) is 3.54. The van der Waals surface area contributed by atoms with Gasteiger partial charge in [0.05, 0.1) is 0 Å². The van der Waals surface area contributed by atoms with Crippen molar-refractivity contribution in [1.82, 2.24) is 5.32 Å². The van der Waals surface area contributed by atoms with Gasteiger partial charge in [-0.15, -0.1) is 0 Å². The topological polar surface area (TPSA) is 75.6 Å². The minimum atomic E-state index is -1.20. The highest BCUT2D eigenvalue weighted by molar-refractivity contribution is 5.88. The quantitative estimate of drug-likeness (QED) is 0.894. The van der Waals surface area contributed by atoms with Crippen LogP contribution in [0.15, 0.2) is 30.3 Å². The summed E-state index contributed by atoms with van der Waals surface area (Å²) in [6.45, 7) is 5.23. The van der Waals surface area contributed by atoms with Crippen LogP contribution in [-0.4, -0.2) is 28.3 Å². The summed E-state index contributed by atoms with van der Waals surface area (Å²) in [5.41, 5.74) is -0.775. The lowest BCUT2D eigenvalue weighted by Gasteiger charge is -2.22. The summed E-state index contributed by atoms with van der Waals surface area (Å²) >= 11 is 0. The number of alkyl carbamates (subject to hydrolysis) is 1. The Labute approximate surface area is 124 Å². The predicted molar refractivity (Wildman–Crippen MR) is 78.0 cm³/mol. The molecule has 1 saturated carbocycles. The number of ether oxygens (including phenoxy) is 1. The molecule has 2 atom stereocenters. The standard InChI is InChI=1S/C16H21NO4/c1-15(2,3)21-14(20)17-16(13(18)19)10-12(16)9-11-7-5-4-6-8-11/h4-8,12H,9-10H2,1-3H3,(H,17,20)(H,18,19). The van der Waals surface area contributed by atoms with Crippen LogP contribution in [-0.2, 0) is 16.0 Å². The van der Waals surface area contributed by atoms with Crippen LogP contribution >= 0.6 is 0 Å². The lowest BCUT2D eigenvalue weighted by atomic mass is 10.1. The number of carbonyl (C=O) groups excluding carboxylic acids is 1. The maximum Gasteiger partial charge on any atom is 0.408 e. The van der Waals surface area contributed by atoms with E-state index in [1.54, 1.807) is 20.8 Å². The molecule has 0 saturated heterocycles. The largest absolute Gasteiger partial charge is 0.479 e. The van der Waals surface area contributed by atoms with Crippen molar-refractivity contribution < 1.29 is 19.4 Å². The van der Waals surface area contributed by atoms with E-state index in [-0.39, 0.29) is 5.92 Å². The number of benzene rings is 1. The van der Waals surface area contributed by atoms with Gasteiger partial charge in [-0.2, -0.15) is 0 Å². The summed E-state index contributed by atoms with van der Waals surface area (Å²) in [7, 11) is 0. The van der Waals surface area contributed by atoms with E-state index in [0.717, 1.165) is 5.56 Å². The number of aliphatic carboxylic acids is 1. The van der Waals surface area contributed by atoms with Crippen molar-refractivity contribution in [3.8, 4) is 0 Å². The number of carboxylic acid groups (broad SMARTS) is 1. The van der Waals surface area contributed by atoms with Gasteiger partial charge in [-0.1, -0.05) is 30.3 Å². The molecule has 0 spiro atoms. The normalized spacial score (nSPS) is 24.2. The van der Waals surface area contributed by atoms with Crippen LogP contribution in [0.5, 0.6) is 0 Å². The number of hydrogen-bond acceptors (Lipinski definition) is 3. The lowest BCUT2D eigenvalue weighted by Crippen LogP contribution is -2.47. The van der Waals surface area contributed by atoms with E-state index in [2.05, 4.69) is 5.32 Å². The predicted octanol–water partition coefficient (Wildman–Crippen LogP) is 2.60. The number of carbonyl (C=O) groups is 2. The van der Waals surface area contributed by atoms with Crippen LogP contribution in [0.3, 0.4) is 0 Å². The second-order valence-electron chi connectivity index (χ2n) is 6.49. The molecule has 1 aliphatic rings. The molecule has 1 amide bonds. The monoisotopic (exact) mass is 291 g/mol. The molecule has 2 unspecified atom stereocenters. The van der Waals surface area contributed by atoms with E-state index in [4.69, 9.17) is 4.74 Å². The average Bonchev–Trinajstić information content (AvgIpc) is 3.02. The van der Waals surface area contributed by atoms with Crippen LogP contribution in [0.4, 0.5) is 4.79 Å². The number of amides is 1. The van der Waals surface area contributed by atoms with Gasteiger partial charge in [-0.3, -0.25) is 0 Å². The molecule has 1 fully saturated rings. The molecule has 2 rings (SSSR count). The van der Waals surface area contributed by atoms with Gasteiger partial charge in [-0.05, 0) is 45.1 Å². The highest BCUT2D eigenvalue weighted by Gasteiger charge is 2.61. The Kier molecular flexibility index (Phi) is 3.94. The summed E-state index contributed by atoms with van der Waals surface area (Å²) in [5.74, 6) is -1.11. The lowest BCUT2D eigenvalue weighted by molar-refractivity contribution is -0.141. The van der Waals surface area contributed by atoms with Crippen LogP contribution in [0, 0.1) is 5.92 Å². The molecular weight excluding hydrogens is 270 g/mol. The van der Waals surface area contributed by atoms with E-state index in [1.807, 2.05) is 30.3 Å². The van der Waals surface area contributed by atoms with Gasteiger partial charge in [-0.25, -0.2) is 9.59 Å². The molecule has 0 aromatic heterocycles. The third kappa shape index (κ3) is 3.74. The molecule has 2 N–H and O–H groups in total. The zero-order chi connectivity index (χ0) is 15.7. The van der Waals surface area contributed by atoms with Gasteiger partial charge in [0.2, 0.25) is 0 Å². The van der Waals surface area contributed by atoms with E-state index in [9.17, 15) is 14.7 Å². The zero-order valence-electron chi connectivity index (χ0n) is 12.6. The molecule has 1 aromatic rings. The molecule has 1 aromatic carbocycles. The fourth-order valence-corrected chi connectivity index (χ4v) is 2.43. The Morgan fingerprint density at radius 3 is 2.48 bits per heavy atom. The van der Waals surface area contributed by atoms with E-state index in [1.165, 1.54) is 0 Å². The Bertz CT molecular complexity index is 535. The van der Waals surface area contributed by atoms with Crippen LogP contribution in [0.2, 0.25) is 0 Å². The molecule has 1 aliphatic carbocycles. The molecule has 5 nitrogen and oxygen atoms in total. The maximum absolute atomic E-state index is 11.8. The number of rotatable bonds is 4. The van der Waals surface area contributed by atoms with Gasteiger partial charge >= 0.3 is 12.1 Å². The van der Waals surface area contributed by atoms with E-state index >= 15 is 0 Å².